The molecule has 1 fully saturated rings. The summed E-state index contributed by atoms with van der Waals surface area (Å²) in [5.41, 5.74) is 2.85. The second-order valence-electron chi connectivity index (χ2n) is 9.23. The molecule has 0 radical (unpaired) electrons. The number of alkyl carbamates (subject to hydrolysis) is 1. The minimum absolute atomic E-state index is 0.0837. The highest BCUT2D eigenvalue weighted by Crippen LogP contribution is 2.11. The highest BCUT2D eigenvalue weighted by Gasteiger charge is 2.33. The van der Waals surface area contributed by atoms with Crippen molar-refractivity contribution in [1.82, 2.24) is 26.1 Å². The van der Waals surface area contributed by atoms with Crippen molar-refractivity contribution in [3.63, 3.8) is 0 Å². The summed E-state index contributed by atoms with van der Waals surface area (Å²) in [6, 6.07) is 0.919. The number of pyridine rings is 1. The van der Waals surface area contributed by atoms with Gasteiger partial charge in [-0.3, -0.25) is 24.4 Å². The lowest BCUT2D eigenvalue weighted by molar-refractivity contribution is -0.152. The number of amides is 3. The SMILES string of the molecule is C=CCOC(=O)[C@@H]1CCCN(C(=O)[C@H](C)NC(=O)[C@H](Cc2cccnc2)NC(=O)OC(C)(C)C)N1. The normalized spacial score (nSPS) is 17.5. The monoisotopic (exact) mass is 489 g/mol. The van der Waals surface area contributed by atoms with Gasteiger partial charge >= 0.3 is 12.1 Å². The molecule has 11 nitrogen and oxygen atoms in total. The third-order valence-electron chi connectivity index (χ3n) is 4.98. The van der Waals surface area contributed by atoms with Crippen LogP contribution in [-0.2, 0) is 30.3 Å². The van der Waals surface area contributed by atoms with Gasteiger partial charge in [-0.25, -0.2) is 10.2 Å². The Bertz CT molecular complexity index is 901. The Morgan fingerprint density at radius 2 is 2.06 bits per heavy atom. The highest BCUT2D eigenvalue weighted by atomic mass is 16.6. The van der Waals surface area contributed by atoms with Crippen LogP contribution in [0, 0.1) is 0 Å². The van der Waals surface area contributed by atoms with Crippen LogP contribution in [0.15, 0.2) is 37.2 Å². The molecule has 0 saturated carbocycles. The van der Waals surface area contributed by atoms with E-state index in [1.165, 1.54) is 18.0 Å². The van der Waals surface area contributed by atoms with Crippen LogP contribution in [0.5, 0.6) is 0 Å². The fourth-order valence-corrected chi connectivity index (χ4v) is 3.38. The van der Waals surface area contributed by atoms with Crippen LogP contribution in [0.2, 0.25) is 0 Å². The number of nitrogens with zero attached hydrogens (tertiary/aromatic N) is 2. The van der Waals surface area contributed by atoms with Crippen molar-refractivity contribution in [2.24, 2.45) is 0 Å². The standard InChI is InChI=1S/C24H35N5O6/c1-6-13-34-22(32)18-10-8-12-29(28-18)21(31)16(2)26-20(30)19(14-17-9-7-11-25-15-17)27-23(33)35-24(3,4)5/h6-7,9,11,15-16,18-19,28H,1,8,10,12-14H2,2-5H3,(H,26,30)(H,27,33)/t16-,18-,19-/m0/s1. The second kappa shape index (κ2) is 12.8. The lowest BCUT2D eigenvalue weighted by atomic mass is 10.1. The van der Waals surface area contributed by atoms with Crippen molar-refractivity contribution in [3.8, 4) is 0 Å². The predicted octanol–water partition coefficient (Wildman–Crippen LogP) is 1.25. The molecular weight excluding hydrogens is 454 g/mol. The summed E-state index contributed by atoms with van der Waals surface area (Å²) in [6.07, 6.45) is 5.18. The van der Waals surface area contributed by atoms with Crippen LogP contribution in [-0.4, -0.2) is 70.7 Å². The second-order valence-corrected chi connectivity index (χ2v) is 9.23. The summed E-state index contributed by atoms with van der Waals surface area (Å²) in [4.78, 5) is 54.5. The van der Waals surface area contributed by atoms with Crippen LogP contribution in [0.3, 0.4) is 0 Å². The van der Waals surface area contributed by atoms with Crippen molar-refractivity contribution >= 4 is 23.9 Å². The molecule has 35 heavy (non-hydrogen) atoms. The van der Waals surface area contributed by atoms with Crippen molar-refractivity contribution in [2.75, 3.05) is 13.2 Å². The number of carbonyl (C=O) groups is 4. The largest absolute Gasteiger partial charge is 0.460 e. The van der Waals surface area contributed by atoms with E-state index in [2.05, 4.69) is 27.6 Å². The van der Waals surface area contributed by atoms with Gasteiger partial charge < -0.3 is 20.1 Å². The van der Waals surface area contributed by atoms with E-state index in [4.69, 9.17) is 9.47 Å². The van der Waals surface area contributed by atoms with Gasteiger partial charge in [-0.15, -0.1) is 0 Å². The fourth-order valence-electron chi connectivity index (χ4n) is 3.38. The molecule has 0 aromatic carbocycles. The Kier molecular flexibility index (Phi) is 10.2. The first-order valence-electron chi connectivity index (χ1n) is 11.5. The van der Waals surface area contributed by atoms with Gasteiger partial charge in [0.25, 0.3) is 5.91 Å². The third kappa shape index (κ3) is 9.36. The molecule has 192 valence electrons. The molecule has 1 saturated heterocycles. The van der Waals surface area contributed by atoms with Gasteiger partial charge in [0.2, 0.25) is 5.91 Å². The molecule has 1 aliphatic rings. The molecule has 2 heterocycles. The molecule has 3 atom stereocenters. The Morgan fingerprint density at radius 1 is 1.31 bits per heavy atom. The number of nitrogens with one attached hydrogen (secondary N) is 3. The summed E-state index contributed by atoms with van der Waals surface area (Å²) >= 11 is 0. The van der Waals surface area contributed by atoms with E-state index < -0.39 is 47.6 Å². The Balaban J connectivity index is 2.03. The maximum Gasteiger partial charge on any atom is 0.408 e. The first kappa shape index (κ1) is 27.8. The summed E-state index contributed by atoms with van der Waals surface area (Å²) in [5, 5.41) is 6.54. The number of aromatic nitrogens is 1. The molecule has 0 bridgehead atoms. The minimum Gasteiger partial charge on any atom is -0.460 e. The fraction of sp³-hybridized carbons (Fsp3) is 0.542. The lowest BCUT2D eigenvalue weighted by Crippen LogP contribution is -2.60. The van der Waals surface area contributed by atoms with Gasteiger partial charge in [0, 0.05) is 25.4 Å². The molecule has 1 aliphatic heterocycles. The van der Waals surface area contributed by atoms with E-state index in [-0.39, 0.29) is 13.0 Å². The molecule has 3 amide bonds. The molecular formula is C24H35N5O6. The Morgan fingerprint density at radius 3 is 2.69 bits per heavy atom. The van der Waals surface area contributed by atoms with E-state index in [9.17, 15) is 19.2 Å². The molecule has 2 rings (SSSR count). The summed E-state index contributed by atoms with van der Waals surface area (Å²) in [6.45, 7) is 10.7. The van der Waals surface area contributed by atoms with Crippen molar-refractivity contribution in [2.45, 2.75) is 70.7 Å². The minimum atomic E-state index is -1.000. The van der Waals surface area contributed by atoms with Gasteiger partial charge in [0.15, 0.2) is 0 Å². The number of rotatable bonds is 9. The molecule has 0 spiro atoms. The Labute approximate surface area is 205 Å². The van der Waals surface area contributed by atoms with E-state index in [1.54, 1.807) is 45.3 Å². The van der Waals surface area contributed by atoms with E-state index in [0.717, 1.165) is 5.56 Å². The third-order valence-corrected chi connectivity index (χ3v) is 4.98. The zero-order valence-corrected chi connectivity index (χ0v) is 20.7. The maximum atomic E-state index is 13.1. The molecule has 11 heteroatoms. The van der Waals surface area contributed by atoms with Crippen molar-refractivity contribution < 1.29 is 28.7 Å². The topological polar surface area (TPSA) is 139 Å². The van der Waals surface area contributed by atoms with Gasteiger partial charge in [-0.05, 0) is 52.2 Å². The number of hydrazine groups is 1. The molecule has 0 unspecified atom stereocenters. The average Bonchev–Trinajstić information content (AvgIpc) is 2.81. The van der Waals surface area contributed by atoms with Crippen molar-refractivity contribution in [1.29, 1.82) is 0 Å². The Hall–Kier alpha value is -3.47. The first-order valence-corrected chi connectivity index (χ1v) is 11.5. The summed E-state index contributed by atoms with van der Waals surface area (Å²) in [5.74, 6) is -1.45. The number of ether oxygens (including phenoxy) is 2. The number of hydrogen-bond donors (Lipinski definition) is 3. The van der Waals surface area contributed by atoms with Gasteiger partial charge in [0.05, 0.1) is 0 Å². The van der Waals surface area contributed by atoms with Crippen LogP contribution < -0.4 is 16.1 Å². The van der Waals surface area contributed by atoms with Gasteiger partial charge in [-0.2, -0.15) is 0 Å². The van der Waals surface area contributed by atoms with Crippen LogP contribution in [0.25, 0.3) is 0 Å². The lowest BCUT2D eigenvalue weighted by Gasteiger charge is -2.34. The molecule has 3 N–H and O–H groups in total. The van der Waals surface area contributed by atoms with Crippen molar-refractivity contribution in [3.05, 3.63) is 42.7 Å². The molecule has 1 aromatic rings. The van der Waals surface area contributed by atoms with E-state index in [1.807, 2.05) is 0 Å². The number of carbonyl (C=O) groups excluding carboxylic acids is 4. The smallest absolute Gasteiger partial charge is 0.408 e. The maximum absolute atomic E-state index is 13.1. The number of hydrogen-bond acceptors (Lipinski definition) is 8. The molecule has 1 aromatic heterocycles. The van der Waals surface area contributed by atoms with Crippen LogP contribution >= 0.6 is 0 Å². The number of esters is 1. The first-order chi connectivity index (χ1) is 16.5. The summed E-state index contributed by atoms with van der Waals surface area (Å²) in [7, 11) is 0. The summed E-state index contributed by atoms with van der Waals surface area (Å²) < 4.78 is 10.3. The predicted molar refractivity (Wildman–Crippen MR) is 128 cm³/mol. The average molecular weight is 490 g/mol. The van der Waals surface area contributed by atoms with Gasteiger partial charge in [0.1, 0.15) is 30.3 Å². The van der Waals surface area contributed by atoms with Crippen LogP contribution in [0.4, 0.5) is 4.79 Å². The van der Waals surface area contributed by atoms with Gasteiger partial charge in [-0.1, -0.05) is 18.7 Å². The van der Waals surface area contributed by atoms with Crippen LogP contribution in [0.1, 0.15) is 46.1 Å². The molecule has 0 aliphatic carbocycles. The zero-order valence-electron chi connectivity index (χ0n) is 20.7. The highest BCUT2D eigenvalue weighted by molar-refractivity contribution is 5.91. The zero-order chi connectivity index (χ0) is 26.0. The van der Waals surface area contributed by atoms with E-state index in [0.29, 0.717) is 19.4 Å². The quantitative estimate of drug-likeness (QED) is 0.348. The van der Waals surface area contributed by atoms with E-state index >= 15 is 0 Å².